The summed E-state index contributed by atoms with van der Waals surface area (Å²) in [4.78, 5) is 8.61. The van der Waals surface area contributed by atoms with E-state index in [9.17, 15) is 4.39 Å². The van der Waals surface area contributed by atoms with Crippen LogP contribution in [-0.4, -0.2) is 76.1 Å². The van der Waals surface area contributed by atoms with Crippen molar-refractivity contribution in [1.82, 2.24) is 60.6 Å². The summed E-state index contributed by atoms with van der Waals surface area (Å²) >= 11 is 12.2. The van der Waals surface area contributed by atoms with E-state index >= 15 is 0 Å². The van der Waals surface area contributed by atoms with Crippen LogP contribution in [0.15, 0.2) is 101 Å². The van der Waals surface area contributed by atoms with Crippen LogP contribution in [0.1, 0.15) is 37.8 Å². The second-order valence-electron chi connectivity index (χ2n) is 14.6. The van der Waals surface area contributed by atoms with Crippen molar-refractivity contribution in [2.24, 2.45) is 0 Å². The Kier molecular flexibility index (Phi) is 11.5. The number of rotatable bonds is 8. The van der Waals surface area contributed by atoms with Crippen LogP contribution in [-0.2, 0) is 0 Å². The first-order chi connectivity index (χ1) is 29.8. The molecule has 0 atom stereocenters. The largest absolute Gasteiger partial charge is 0.416 e. The molecule has 310 valence electrons. The van der Waals surface area contributed by atoms with Crippen molar-refractivity contribution in [3.8, 4) is 68.1 Å². The Hall–Kier alpha value is -6.53. The monoisotopic (exact) mass is 860 g/mol. The summed E-state index contributed by atoms with van der Waals surface area (Å²) < 4.78 is 29.5. The normalized spacial score (nSPS) is 14.8. The van der Waals surface area contributed by atoms with Crippen LogP contribution in [0.3, 0.4) is 0 Å². The zero-order valence-corrected chi connectivity index (χ0v) is 34.1. The molecule has 19 heteroatoms. The lowest BCUT2D eigenvalue weighted by Gasteiger charge is -2.22. The molecule has 2 aromatic carbocycles. The topological polar surface area (TPSA) is 215 Å². The molecular weight excluding hydrogens is 822 g/mol. The van der Waals surface area contributed by atoms with Gasteiger partial charge in [0.25, 0.3) is 17.7 Å². The van der Waals surface area contributed by atoms with Gasteiger partial charge in [-0.1, -0.05) is 41.4 Å². The van der Waals surface area contributed by atoms with E-state index in [2.05, 4.69) is 57.4 Å². The number of nitrogen functional groups attached to an aromatic ring is 2. The highest BCUT2D eigenvalue weighted by molar-refractivity contribution is 6.39. The van der Waals surface area contributed by atoms with Gasteiger partial charge in [0.05, 0.1) is 51.2 Å². The van der Waals surface area contributed by atoms with Gasteiger partial charge in [-0.05, 0) is 88.3 Å². The number of benzene rings is 2. The Morgan fingerprint density at radius 2 is 1.08 bits per heavy atom. The molecule has 8 aromatic rings. The molecule has 0 bridgehead atoms. The first kappa shape index (κ1) is 39.9. The molecule has 0 aliphatic carbocycles. The fourth-order valence-electron chi connectivity index (χ4n) is 7.31. The molecule has 0 radical (unpaired) electrons. The minimum atomic E-state index is -0.639. The molecular formula is C42H39Cl2FN14O2. The molecule has 2 saturated heterocycles. The molecule has 6 N–H and O–H groups in total. The van der Waals surface area contributed by atoms with Gasteiger partial charge >= 0.3 is 0 Å². The van der Waals surface area contributed by atoms with Gasteiger partial charge in [-0.25, -0.2) is 14.4 Å². The lowest BCUT2D eigenvalue weighted by atomic mass is 10.1. The molecule has 0 saturated carbocycles. The average molecular weight is 862 g/mol. The summed E-state index contributed by atoms with van der Waals surface area (Å²) in [5.41, 5.74) is 17.8. The van der Waals surface area contributed by atoms with Crippen LogP contribution < -0.4 is 22.1 Å². The van der Waals surface area contributed by atoms with Gasteiger partial charge in [-0.15, -0.1) is 20.4 Å². The van der Waals surface area contributed by atoms with Crippen molar-refractivity contribution in [2.75, 3.05) is 37.6 Å². The number of halogens is 3. The van der Waals surface area contributed by atoms with E-state index in [-0.39, 0.29) is 33.2 Å². The molecule has 2 aliphatic rings. The number of nitrogens with two attached hydrogens (primary N) is 2. The lowest BCUT2D eigenvalue weighted by Crippen LogP contribution is -2.29. The number of pyridine rings is 2. The van der Waals surface area contributed by atoms with Crippen molar-refractivity contribution in [2.45, 2.75) is 37.8 Å². The molecule has 61 heavy (non-hydrogen) atoms. The summed E-state index contributed by atoms with van der Waals surface area (Å²) in [5.74, 6) is 0.825. The molecule has 16 nitrogen and oxygen atoms in total. The van der Waals surface area contributed by atoms with E-state index in [0.29, 0.717) is 40.8 Å². The Labute approximate surface area is 358 Å². The van der Waals surface area contributed by atoms with E-state index in [4.69, 9.17) is 43.5 Å². The highest BCUT2D eigenvalue weighted by atomic mass is 35.5. The van der Waals surface area contributed by atoms with Crippen LogP contribution in [0.2, 0.25) is 10.0 Å². The molecule has 0 spiro atoms. The second-order valence-corrected chi connectivity index (χ2v) is 15.4. The molecule has 10 rings (SSSR count). The van der Waals surface area contributed by atoms with Crippen LogP contribution in [0.5, 0.6) is 0 Å². The van der Waals surface area contributed by atoms with Crippen molar-refractivity contribution >= 4 is 34.8 Å². The van der Waals surface area contributed by atoms with E-state index in [1.807, 2.05) is 58.2 Å². The van der Waals surface area contributed by atoms with Gasteiger partial charge in [-0.3, -0.25) is 9.36 Å². The predicted molar refractivity (Wildman–Crippen MR) is 229 cm³/mol. The fourth-order valence-corrected chi connectivity index (χ4v) is 7.84. The molecule has 8 heterocycles. The summed E-state index contributed by atoms with van der Waals surface area (Å²) in [6, 6.07) is 16.7. The van der Waals surface area contributed by atoms with Crippen molar-refractivity contribution in [3.63, 3.8) is 0 Å². The highest BCUT2D eigenvalue weighted by Gasteiger charge is 2.23. The first-order valence-corrected chi connectivity index (χ1v) is 20.4. The van der Waals surface area contributed by atoms with E-state index in [1.165, 1.54) is 12.1 Å². The summed E-state index contributed by atoms with van der Waals surface area (Å²) in [5, 5.41) is 32.2. The third-order valence-electron chi connectivity index (χ3n) is 10.7. The molecule has 6 aromatic heterocycles. The van der Waals surface area contributed by atoms with E-state index in [0.717, 1.165) is 79.7 Å². The number of anilines is 2. The Bertz CT molecular complexity index is 2780. The number of piperidine rings is 2. The third kappa shape index (κ3) is 8.58. The smallest absolute Gasteiger partial charge is 0.251 e. The minimum absolute atomic E-state index is 0.0157. The molecule has 2 aliphatic heterocycles. The van der Waals surface area contributed by atoms with E-state index in [1.54, 1.807) is 24.7 Å². The van der Waals surface area contributed by atoms with Gasteiger partial charge in [-0.2, -0.15) is 10.2 Å². The molecule has 0 unspecified atom stereocenters. The van der Waals surface area contributed by atoms with Crippen LogP contribution in [0.4, 0.5) is 16.0 Å². The number of aromatic nitrogens is 10. The SMILES string of the molecule is Nc1ncc(-c2cnn(C3CCNCC3)c2)cc1-c1nnc(-c2c(Cl)ccc(F)c2Cl)o1.Nc1ncc(-c2cnn(C3CCNCC3)c2)cc1-c1nnc(-c2ccccc2)o1. The first-order valence-electron chi connectivity index (χ1n) is 19.7. The van der Waals surface area contributed by atoms with E-state index < -0.39 is 5.82 Å². The average Bonchev–Trinajstić information content (AvgIpc) is 4.15. The van der Waals surface area contributed by atoms with Crippen LogP contribution in [0, 0.1) is 5.82 Å². The maximum Gasteiger partial charge on any atom is 0.251 e. The zero-order chi connectivity index (χ0) is 41.9. The Morgan fingerprint density at radius 1 is 0.590 bits per heavy atom. The highest BCUT2D eigenvalue weighted by Crippen LogP contribution is 2.38. The second kappa shape index (κ2) is 17.6. The quantitative estimate of drug-likeness (QED) is 0.107. The molecule has 2 fully saturated rings. The van der Waals surface area contributed by atoms with Gasteiger partial charge in [0.2, 0.25) is 5.89 Å². The fraction of sp³-hybridized carbons (Fsp3) is 0.238. The van der Waals surface area contributed by atoms with Gasteiger partial charge in [0, 0.05) is 52.6 Å². The number of hydrogen-bond acceptors (Lipinski definition) is 14. The van der Waals surface area contributed by atoms with Crippen LogP contribution >= 0.6 is 23.2 Å². The maximum atomic E-state index is 13.9. The minimum Gasteiger partial charge on any atom is -0.416 e. The van der Waals surface area contributed by atoms with Gasteiger partial charge in [0.1, 0.15) is 17.5 Å². The Morgan fingerprint density at radius 3 is 1.62 bits per heavy atom. The number of nitrogens with one attached hydrogen (secondary N) is 2. The summed E-state index contributed by atoms with van der Waals surface area (Å²) in [6.45, 7) is 4.00. The number of nitrogens with zero attached hydrogens (tertiary/aromatic N) is 10. The number of hydrogen-bond donors (Lipinski definition) is 4. The van der Waals surface area contributed by atoms with Crippen LogP contribution in [0.25, 0.3) is 68.1 Å². The van der Waals surface area contributed by atoms with Crippen molar-refractivity contribution < 1.29 is 13.2 Å². The van der Waals surface area contributed by atoms with Gasteiger partial charge in [0.15, 0.2) is 0 Å². The predicted octanol–water partition coefficient (Wildman–Crippen LogP) is 7.78. The maximum absolute atomic E-state index is 13.9. The Balaban J connectivity index is 0.000000157. The molecule has 0 amide bonds. The summed E-state index contributed by atoms with van der Waals surface area (Å²) in [7, 11) is 0. The lowest BCUT2D eigenvalue weighted by molar-refractivity contribution is 0.343. The van der Waals surface area contributed by atoms with Crippen molar-refractivity contribution in [1.29, 1.82) is 0 Å². The van der Waals surface area contributed by atoms with Crippen molar-refractivity contribution in [3.05, 3.63) is 108 Å². The third-order valence-corrected chi connectivity index (χ3v) is 11.3. The standard InChI is InChI=1S/C21H18Cl2FN7O.C21H21N7O/c22-15-1-2-16(24)18(23)17(15)21-30-29-20(32-21)14-7-11(8-27-19(14)25)12-9-28-31(10-12)13-3-5-26-6-4-13;22-19-18(21-27-26-20(29-21)14-4-2-1-3-5-14)10-15(11-24-19)16-12-25-28(13-16)17-6-8-23-9-7-17/h1-2,7-10,13,26H,3-6H2,(H2,25,27);1-5,10-13,17,23H,6-9H2,(H2,22,24). The zero-order valence-electron chi connectivity index (χ0n) is 32.5. The van der Waals surface area contributed by atoms with Gasteiger partial charge < -0.3 is 30.9 Å². The summed E-state index contributed by atoms with van der Waals surface area (Å²) in [6.07, 6.45) is 15.4.